The maximum Gasteiger partial charge on any atom is 0.293 e. The number of pyridine rings is 1. The second-order valence-electron chi connectivity index (χ2n) is 6.50. The molecular weight excluding hydrogens is 334 g/mol. The summed E-state index contributed by atoms with van der Waals surface area (Å²) in [6, 6.07) is 5.88. The number of carbonyl (C=O) groups excluding carboxylic acids is 2. The molecule has 0 N–H and O–H groups in total. The van der Waals surface area contributed by atoms with Crippen LogP contribution in [0.25, 0.3) is 11.9 Å². The predicted molar refractivity (Wildman–Crippen MR) is 101 cm³/mol. The number of hydrogen-bond donors (Lipinski definition) is 0. The van der Waals surface area contributed by atoms with Crippen LogP contribution in [0.1, 0.15) is 36.4 Å². The van der Waals surface area contributed by atoms with Crippen molar-refractivity contribution in [2.75, 3.05) is 0 Å². The van der Waals surface area contributed by atoms with Crippen LogP contribution in [0.5, 0.6) is 0 Å². The molecule has 2 aromatic heterocycles. The predicted octanol–water partition coefficient (Wildman–Crippen LogP) is 4.24. The fourth-order valence-corrected chi connectivity index (χ4v) is 3.90. The Kier molecular flexibility index (Phi) is 4.56. The van der Waals surface area contributed by atoms with E-state index in [1.165, 1.54) is 4.90 Å². The van der Waals surface area contributed by atoms with E-state index in [9.17, 15) is 9.59 Å². The van der Waals surface area contributed by atoms with Crippen LogP contribution in [0.15, 0.2) is 29.3 Å². The van der Waals surface area contributed by atoms with Crippen molar-refractivity contribution in [1.82, 2.24) is 14.5 Å². The van der Waals surface area contributed by atoms with Crippen LogP contribution in [0.3, 0.4) is 0 Å². The highest BCUT2D eigenvalue weighted by Gasteiger charge is 2.36. The SMILES string of the molecule is Cc1ccc(-n2c(C)cc(C=C3SC(=O)N(C(C)C)C3=O)c2C)nc1. The van der Waals surface area contributed by atoms with Crippen molar-refractivity contribution in [2.45, 2.75) is 40.7 Å². The molecule has 25 heavy (non-hydrogen) atoms. The first-order valence-corrected chi connectivity index (χ1v) is 9.00. The second-order valence-corrected chi connectivity index (χ2v) is 7.49. The van der Waals surface area contributed by atoms with Crippen molar-refractivity contribution in [3.05, 3.63) is 51.8 Å². The van der Waals surface area contributed by atoms with Crippen molar-refractivity contribution in [3.8, 4) is 5.82 Å². The Bertz CT molecular complexity index is 879. The highest BCUT2D eigenvalue weighted by Crippen LogP contribution is 2.34. The van der Waals surface area contributed by atoms with Gasteiger partial charge >= 0.3 is 0 Å². The first kappa shape index (κ1) is 17.5. The lowest BCUT2D eigenvalue weighted by Crippen LogP contribution is -2.34. The lowest BCUT2D eigenvalue weighted by atomic mass is 10.2. The van der Waals surface area contributed by atoms with Gasteiger partial charge in [0, 0.05) is 23.6 Å². The Morgan fingerprint density at radius 1 is 1.16 bits per heavy atom. The van der Waals surface area contributed by atoms with Gasteiger partial charge in [0.25, 0.3) is 11.1 Å². The lowest BCUT2D eigenvalue weighted by molar-refractivity contribution is -0.123. The zero-order chi connectivity index (χ0) is 18.3. The Balaban J connectivity index is 2.00. The maximum atomic E-state index is 12.5. The van der Waals surface area contributed by atoms with Crippen molar-refractivity contribution >= 4 is 29.0 Å². The Hall–Kier alpha value is -2.34. The first-order chi connectivity index (χ1) is 11.8. The number of rotatable bonds is 3. The number of carbonyl (C=O) groups is 2. The number of amides is 2. The quantitative estimate of drug-likeness (QED) is 0.773. The molecule has 6 heteroatoms. The van der Waals surface area contributed by atoms with Crippen LogP contribution in [0.4, 0.5) is 4.79 Å². The minimum Gasteiger partial charge on any atom is -0.303 e. The molecule has 3 heterocycles. The molecule has 0 atom stereocenters. The van der Waals surface area contributed by atoms with Crippen LogP contribution in [0, 0.1) is 20.8 Å². The third-order valence-electron chi connectivity index (χ3n) is 4.22. The van der Waals surface area contributed by atoms with Gasteiger partial charge in [-0.15, -0.1) is 0 Å². The molecule has 0 spiro atoms. The van der Waals surface area contributed by atoms with Crippen LogP contribution in [0.2, 0.25) is 0 Å². The van der Waals surface area contributed by atoms with E-state index in [1.54, 1.807) is 6.08 Å². The molecule has 130 valence electrons. The molecule has 3 rings (SSSR count). The molecule has 1 fully saturated rings. The van der Waals surface area contributed by atoms with E-state index in [-0.39, 0.29) is 17.2 Å². The molecule has 1 aliphatic heterocycles. The molecule has 1 saturated heterocycles. The lowest BCUT2D eigenvalue weighted by Gasteiger charge is -2.16. The van der Waals surface area contributed by atoms with E-state index in [0.717, 1.165) is 40.1 Å². The molecule has 0 bridgehead atoms. The molecule has 0 saturated carbocycles. The standard InChI is InChI=1S/C19H21N3O2S/c1-11(2)21-18(23)16(25-19(21)24)9-15-8-13(4)22(14(15)5)17-7-6-12(3)10-20-17/h6-11H,1-5H3. The fraction of sp³-hybridized carbons (Fsp3) is 0.316. The minimum atomic E-state index is -0.219. The van der Waals surface area contributed by atoms with E-state index in [2.05, 4.69) is 9.55 Å². The molecule has 0 aliphatic carbocycles. The number of nitrogens with zero attached hydrogens (tertiary/aromatic N) is 3. The monoisotopic (exact) mass is 355 g/mol. The van der Waals surface area contributed by atoms with Gasteiger partial charge in [-0.25, -0.2) is 4.98 Å². The van der Waals surface area contributed by atoms with E-state index in [1.807, 2.05) is 59.0 Å². The average Bonchev–Trinajstić information content (AvgIpc) is 2.97. The maximum absolute atomic E-state index is 12.5. The second kappa shape index (κ2) is 6.52. The largest absolute Gasteiger partial charge is 0.303 e. The van der Waals surface area contributed by atoms with Gasteiger partial charge in [0.15, 0.2) is 0 Å². The van der Waals surface area contributed by atoms with Crippen LogP contribution in [-0.4, -0.2) is 31.6 Å². The Morgan fingerprint density at radius 3 is 2.44 bits per heavy atom. The van der Waals surface area contributed by atoms with Crippen LogP contribution >= 0.6 is 11.8 Å². The van der Waals surface area contributed by atoms with E-state index < -0.39 is 0 Å². The molecule has 0 aromatic carbocycles. The summed E-state index contributed by atoms with van der Waals surface area (Å²) in [7, 11) is 0. The number of aryl methyl sites for hydroxylation is 2. The number of hydrogen-bond acceptors (Lipinski definition) is 4. The van der Waals surface area contributed by atoms with Gasteiger partial charge in [-0.05, 0) is 75.7 Å². The molecular formula is C19H21N3O2S. The average molecular weight is 355 g/mol. The molecule has 0 unspecified atom stereocenters. The van der Waals surface area contributed by atoms with Crippen molar-refractivity contribution in [2.24, 2.45) is 0 Å². The third-order valence-corrected chi connectivity index (χ3v) is 5.11. The van der Waals surface area contributed by atoms with E-state index in [4.69, 9.17) is 0 Å². The number of thioether (sulfide) groups is 1. The zero-order valence-corrected chi connectivity index (χ0v) is 15.8. The Morgan fingerprint density at radius 2 is 1.88 bits per heavy atom. The summed E-state index contributed by atoms with van der Waals surface area (Å²) in [6.07, 6.45) is 3.64. The zero-order valence-electron chi connectivity index (χ0n) is 15.0. The summed E-state index contributed by atoms with van der Waals surface area (Å²) >= 11 is 1.00. The fourth-order valence-electron chi connectivity index (χ4n) is 2.94. The molecule has 1 aliphatic rings. The van der Waals surface area contributed by atoms with Gasteiger partial charge in [0.2, 0.25) is 0 Å². The van der Waals surface area contributed by atoms with Gasteiger partial charge in [-0.3, -0.25) is 14.5 Å². The summed E-state index contributed by atoms with van der Waals surface area (Å²) in [5, 5.41) is -0.208. The molecule has 5 nitrogen and oxygen atoms in total. The molecule has 2 aromatic rings. The van der Waals surface area contributed by atoms with Gasteiger partial charge in [0.05, 0.1) is 4.91 Å². The number of imide groups is 1. The highest BCUT2D eigenvalue weighted by atomic mass is 32.2. The summed E-state index contributed by atoms with van der Waals surface area (Å²) in [4.78, 5) is 30.8. The van der Waals surface area contributed by atoms with Crippen molar-refractivity contribution < 1.29 is 9.59 Å². The smallest absolute Gasteiger partial charge is 0.293 e. The van der Waals surface area contributed by atoms with Crippen molar-refractivity contribution in [3.63, 3.8) is 0 Å². The summed E-state index contributed by atoms with van der Waals surface area (Å²) in [6.45, 7) is 9.68. The van der Waals surface area contributed by atoms with E-state index >= 15 is 0 Å². The van der Waals surface area contributed by atoms with Gasteiger partial charge in [-0.1, -0.05) is 6.07 Å². The van der Waals surface area contributed by atoms with Gasteiger partial charge < -0.3 is 4.57 Å². The minimum absolute atomic E-state index is 0.136. The van der Waals surface area contributed by atoms with E-state index in [0.29, 0.717) is 4.91 Å². The molecule has 0 radical (unpaired) electrons. The summed E-state index contributed by atoms with van der Waals surface area (Å²) in [5.74, 6) is 0.624. The third kappa shape index (κ3) is 3.14. The summed E-state index contributed by atoms with van der Waals surface area (Å²) in [5.41, 5.74) is 4.05. The highest BCUT2D eigenvalue weighted by molar-refractivity contribution is 8.18. The van der Waals surface area contributed by atoms with Crippen LogP contribution in [-0.2, 0) is 4.79 Å². The number of aromatic nitrogens is 2. The van der Waals surface area contributed by atoms with Crippen LogP contribution < -0.4 is 0 Å². The van der Waals surface area contributed by atoms with Gasteiger partial charge in [0.1, 0.15) is 5.82 Å². The Labute approximate surface area is 151 Å². The topological polar surface area (TPSA) is 55.2 Å². The van der Waals surface area contributed by atoms with Gasteiger partial charge in [-0.2, -0.15) is 0 Å². The van der Waals surface area contributed by atoms with Crippen molar-refractivity contribution in [1.29, 1.82) is 0 Å². The summed E-state index contributed by atoms with van der Waals surface area (Å²) < 4.78 is 2.05. The normalized spacial score (nSPS) is 16.6. The molecule has 2 amide bonds. The first-order valence-electron chi connectivity index (χ1n) is 8.18.